The molecule has 2 N–H and O–H groups in total. The molecule has 2 aliphatic rings. The molecule has 1 aliphatic carbocycles. The van der Waals surface area contributed by atoms with Crippen LogP contribution in [0.5, 0.6) is 0 Å². The lowest BCUT2D eigenvalue weighted by Crippen LogP contribution is -2.51. The van der Waals surface area contributed by atoms with Gasteiger partial charge in [-0.1, -0.05) is 24.6 Å². The van der Waals surface area contributed by atoms with E-state index in [4.69, 9.17) is 4.74 Å². The van der Waals surface area contributed by atoms with Gasteiger partial charge in [0, 0.05) is 18.6 Å². The molecule has 3 nitrogen and oxygen atoms in total. The fourth-order valence-corrected chi connectivity index (χ4v) is 3.99. The summed E-state index contributed by atoms with van der Waals surface area (Å²) in [5, 5.41) is 7.01. The fraction of sp³-hybridized carbons (Fsp3) is 0.667. The van der Waals surface area contributed by atoms with Crippen molar-refractivity contribution in [1.82, 2.24) is 10.6 Å². The van der Waals surface area contributed by atoms with Crippen LogP contribution in [0.1, 0.15) is 30.4 Å². The van der Waals surface area contributed by atoms with E-state index in [1.165, 1.54) is 12.5 Å². The molecule has 1 aromatic carbocycles. The third-order valence-corrected chi connectivity index (χ3v) is 5.16. The molecule has 7 heteroatoms. The molecular weight excluding hydrogens is 353 g/mol. The average molecular weight is 379 g/mol. The van der Waals surface area contributed by atoms with Crippen molar-refractivity contribution >= 4 is 12.4 Å². The van der Waals surface area contributed by atoms with Crippen molar-refractivity contribution < 1.29 is 17.9 Å². The molecule has 0 bridgehead atoms. The SMILES string of the molecule is Cl.FC(F)(F)c1ccccc1CCNC1CCCC1C1COCCN1. The normalized spacial score (nSPS) is 27.1. The van der Waals surface area contributed by atoms with E-state index in [1.807, 2.05) is 0 Å². The molecule has 1 aromatic rings. The van der Waals surface area contributed by atoms with Gasteiger partial charge in [0.25, 0.3) is 0 Å². The predicted molar refractivity (Wildman–Crippen MR) is 94.1 cm³/mol. The number of morpholine rings is 1. The third-order valence-electron chi connectivity index (χ3n) is 5.16. The van der Waals surface area contributed by atoms with Crippen molar-refractivity contribution in [2.75, 3.05) is 26.3 Å². The average Bonchev–Trinajstić information content (AvgIpc) is 3.04. The van der Waals surface area contributed by atoms with E-state index in [2.05, 4.69) is 10.6 Å². The number of nitrogens with one attached hydrogen (secondary N) is 2. The number of hydrogen-bond acceptors (Lipinski definition) is 3. The maximum Gasteiger partial charge on any atom is 0.416 e. The zero-order valence-electron chi connectivity index (χ0n) is 14.1. The van der Waals surface area contributed by atoms with Gasteiger partial charge in [-0.2, -0.15) is 13.2 Å². The third kappa shape index (κ3) is 5.33. The van der Waals surface area contributed by atoms with Gasteiger partial charge in [0.15, 0.2) is 0 Å². The van der Waals surface area contributed by atoms with Crippen LogP contribution in [0.25, 0.3) is 0 Å². The van der Waals surface area contributed by atoms with E-state index < -0.39 is 11.7 Å². The molecule has 0 aromatic heterocycles. The summed E-state index contributed by atoms with van der Waals surface area (Å²) in [5.41, 5.74) is -0.150. The largest absolute Gasteiger partial charge is 0.416 e. The molecule has 0 amide bonds. The molecule has 1 heterocycles. The summed E-state index contributed by atoms with van der Waals surface area (Å²) in [5.74, 6) is 0.503. The minimum Gasteiger partial charge on any atom is -0.379 e. The van der Waals surface area contributed by atoms with Crippen LogP contribution in [0.3, 0.4) is 0 Å². The van der Waals surface area contributed by atoms with Gasteiger partial charge >= 0.3 is 6.18 Å². The quantitative estimate of drug-likeness (QED) is 0.823. The number of rotatable bonds is 5. The molecule has 3 unspecified atom stereocenters. The van der Waals surface area contributed by atoms with E-state index in [-0.39, 0.29) is 12.4 Å². The van der Waals surface area contributed by atoms with Crippen LogP contribution in [0.4, 0.5) is 13.2 Å². The van der Waals surface area contributed by atoms with E-state index >= 15 is 0 Å². The van der Waals surface area contributed by atoms with Crippen molar-refractivity contribution in [2.45, 2.75) is 43.9 Å². The van der Waals surface area contributed by atoms with Crippen molar-refractivity contribution in [1.29, 1.82) is 0 Å². The molecule has 1 aliphatic heterocycles. The Morgan fingerprint density at radius 1 is 1.20 bits per heavy atom. The molecule has 3 rings (SSSR count). The Balaban J connectivity index is 0.00000225. The van der Waals surface area contributed by atoms with Crippen LogP contribution < -0.4 is 10.6 Å². The summed E-state index contributed by atoms with van der Waals surface area (Å²) >= 11 is 0. The smallest absolute Gasteiger partial charge is 0.379 e. The zero-order chi connectivity index (χ0) is 17.0. The Hall–Kier alpha value is -0.820. The summed E-state index contributed by atoms with van der Waals surface area (Å²) in [4.78, 5) is 0. The van der Waals surface area contributed by atoms with Gasteiger partial charge in [-0.25, -0.2) is 0 Å². The van der Waals surface area contributed by atoms with Crippen LogP contribution in [-0.4, -0.2) is 38.4 Å². The second kappa shape index (κ2) is 9.21. The molecule has 0 spiro atoms. The molecule has 1 saturated heterocycles. The Morgan fingerprint density at radius 3 is 2.72 bits per heavy atom. The van der Waals surface area contributed by atoms with E-state index in [9.17, 15) is 13.2 Å². The van der Waals surface area contributed by atoms with Gasteiger partial charge in [0.2, 0.25) is 0 Å². The number of benzene rings is 1. The minimum atomic E-state index is -4.28. The van der Waals surface area contributed by atoms with Crippen LogP contribution >= 0.6 is 12.4 Å². The van der Waals surface area contributed by atoms with Crippen LogP contribution in [0, 0.1) is 5.92 Å². The van der Waals surface area contributed by atoms with Crippen molar-refractivity contribution in [2.24, 2.45) is 5.92 Å². The van der Waals surface area contributed by atoms with Crippen molar-refractivity contribution in [3.8, 4) is 0 Å². The summed E-state index contributed by atoms with van der Waals surface area (Å²) in [6, 6.07) is 6.58. The molecule has 142 valence electrons. The van der Waals surface area contributed by atoms with Crippen molar-refractivity contribution in [3.05, 3.63) is 35.4 Å². The number of hydrogen-bond donors (Lipinski definition) is 2. The van der Waals surface area contributed by atoms with Crippen molar-refractivity contribution in [3.63, 3.8) is 0 Å². The Morgan fingerprint density at radius 2 is 2.00 bits per heavy atom. The molecule has 25 heavy (non-hydrogen) atoms. The molecule has 2 fully saturated rings. The standard InChI is InChI=1S/C18H25F3N2O.ClH/c19-18(20,21)15-6-2-1-4-13(15)8-9-22-16-7-3-5-14(16)17-12-24-11-10-23-17;/h1-2,4,6,14,16-17,22-23H,3,5,7-12H2;1H. The van der Waals surface area contributed by atoms with Gasteiger partial charge in [-0.05, 0) is 43.4 Å². The first-order chi connectivity index (χ1) is 11.6. The first kappa shape index (κ1) is 20.5. The molecule has 3 atom stereocenters. The van der Waals surface area contributed by atoms with Gasteiger partial charge in [0.05, 0.1) is 18.8 Å². The lowest BCUT2D eigenvalue weighted by atomic mass is 9.93. The maximum absolute atomic E-state index is 13.0. The van der Waals surface area contributed by atoms with E-state index in [0.29, 0.717) is 36.5 Å². The second-order valence-electron chi connectivity index (χ2n) is 6.70. The highest BCUT2D eigenvalue weighted by atomic mass is 35.5. The summed E-state index contributed by atoms with van der Waals surface area (Å²) in [6.07, 6.45) is -0.482. The fourth-order valence-electron chi connectivity index (χ4n) is 3.99. The Kier molecular flexibility index (Phi) is 7.55. The monoisotopic (exact) mass is 378 g/mol. The molecule has 0 radical (unpaired) electrons. The number of alkyl halides is 3. The van der Waals surface area contributed by atoms with Crippen LogP contribution in [-0.2, 0) is 17.3 Å². The van der Waals surface area contributed by atoms with Crippen LogP contribution in [0.15, 0.2) is 24.3 Å². The highest BCUT2D eigenvalue weighted by molar-refractivity contribution is 5.85. The topological polar surface area (TPSA) is 33.3 Å². The van der Waals surface area contributed by atoms with Gasteiger partial charge in [-0.3, -0.25) is 0 Å². The molecule has 1 saturated carbocycles. The molecular formula is C18H26ClF3N2O. The van der Waals surface area contributed by atoms with Gasteiger partial charge in [0.1, 0.15) is 0 Å². The lowest BCUT2D eigenvalue weighted by Gasteiger charge is -2.33. The van der Waals surface area contributed by atoms with Gasteiger partial charge in [-0.15, -0.1) is 12.4 Å². The summed E-state index contributed by atoms with van der Waals surface area (Å²) in [6.45, 7) is 2.95. The van der Waals surface area contributed by atoms with E-state index in [0.717, 1.165) is 38.7 Å². The summed E-state index contributed by atoms with van der Waals surface area (Å²) < 4.78 is 44.7. The second-order valence-corrected chi connectivity index (χ2v) is 6.70. The maximum atomic E-state index is 13.0. The Bertz CT molecular complexity index is 535. The first-order valence-corrected chi connectivity index (χ1v) is 8.75. The first-order valence-electron chi connectivity index (χ1n) is 8.75. The lowest BCUT2D eigenvalue weighted by molar-refractivity contribution is -0.138. The summed E-state index contributed by atoms with van der Waals surface area (Å²) in [7, 11) is 0. The predicted octanol–water partition coefficient (Wildman–Crippen LogP) is 3.42. The number of halogens is 4. The zero-order valence-corrected chi connectivity index (χ0v) is 15.0. The van der Waals surface area contributed by atoms with Crippen LogP contribution in [0.2, 0.25) is 0 Å². The minimum absolute atomic E-state index is 0. The highest BCUT2D eigenvalue weighted by Gasteiger charge is 2.35. The van der Waals surface area contributed by atoms with E-state index in [1.54, 1.807) is 12.1 Å². The number of ether oxygens (including phenoxy) is 1. The highest BCUT2D eigenvalue weighted by Crippen LogP contribution is 2.32. The Labute approximate surface area is 153 Å². The van der Waals surface area contributed by atoms with Gasteiger partial charge < -0.3 is 15.4 Å².